The summed E-state index contributed by atoms with van der Waals surface area (Å²) in [6.07, 6.45) is 34.8. The van der Waals surface area contributed by atoms with E-state index in [9.17, 15) is 5.11 Å². The van der Waals surface area contributed by atoms with Gasteiger partial charge in [0.2, 0.25) is 0 Å². The summed E-state index contributed by atoms with van der Waals surface area (Å²) in [5.74, 6) is 0. The molecule has 60 heavy (non-hydrogen) atoms. The molecule has 0 aliphatic rings. The van der Waals surface area contributed by atoms with Crippen LogP contribution in [0.4, 0.5) is 0 Å². The van der Waals surface area contributed by atoms with Gasteiger partial charge >= 0.3 is 0 Å². The molecule has 0 amide bonds. The maximum absolute atomic E-state index is 9.26. The fourth-order valence-corrected chi connectivity index (χ4v) is 7.59. The monoisotopic (exact) mass is 859 g/mol. The van der Waals surface area contributed by atoms with Crippen molar-refractivity contribution < 1.29 is 33.5 Å². The highest BCUT2D eigenvalue weighted by Crippen LogP contribution is 2.12. The summed E-state index contributed by atoms with van der Waals surface area (Å²) in [6.45, 7) is 25.1. The van der Waals surface area contributed by atoms with E-state index in [1.54, 1.807) is 0 Å². The molecule has 0 spiro atoms. The van der Waals surface area contributed by atoms with E-state index in [2.05, 4.69) is 30.6 Å². The van der Waals surface area contributed by atoms with Gasteiger partial charge in [0, 0.05) is 46.2 Å². The number of hydrogen-bond acceptors (Lipinski definition) is 9. The molecule has 3 unspecified atom stereocenters. The fourth-order valence-electron chi connectivity index (χ4n) is 7.59. The Bertz CT molecular complexity index is 763. The molecule has 0 radical (unpaired) electrons. The first-order valence-corrected chi connectivity index (χ1v) is 26.2. The number of nitrogens with zero attached hydrogens (tertiary/aromatic N) is 2. The van der Waals surface area contributed by atoms with E-state index in [4.69, 9.17) is 28.4 Å². The van der Waals surface area contributed by atoms with Crippen molar-refractivity contribution in [3.05, 3.63) is 0 Å². The van der Waals surface area contributed by atoms with Crippen LogP contribution in [0.25, 0.3) is 0 Å². The first-order chi connectivity index (χ1) is 29.5. The molecule has 9 nitrogen and oxygen atoms in total. The maximum atomic E-state index is 9.26. The van der Waals surface area contributed by atoms with Crippen molar-refractivity contribution in [2.45, 2.75) is 247 Å². The molecule has 0 aromatic carbocycles. The zero-order valence-corrected chi connectivity index (χ0v) is 41.2. The molecule has 0 aliphatic carbocycles. The minimum Gasteiger partial charge on any atom is -0.396 e. The summed E-state index contributed by atoms with van der Waals surface area (Å²) in [5.41, 5.74) is 0. The first-order valence-electron chi connectivity index (χ1n) is 26.2. The molecular weight excluding hydrogens is 753 g/mol. The topological polar surface area (TPSA) is 82.1 Å². The van der Waals surface area contributed by atoms with Crippen LogP contribution in [0.3, 0.4) is 0 Å². The van der Waals surface area contributed by atoms with E-state index in [0.29, 0.717) is 6.61 Å². The lowest BCUT2D eigenvalue weighted by atomic mass is 10.1. The van der Waals surface area contributed by atoms with Crippen LogP contribution in [0.5, 0.6) is 0 Å². The van der Waals surface area contributed by atoms with Gasteiger partial charge in [0.1, 0.15) is 0 Å². The predicted octanol–water partition coefficient (Wildman–Crippen LogP) is 13.1. The number of aliphatic hydroxyl groups excluding tert-OH is 1. The number of ether oxygens (including phenoxy) is 6. The number of unbranched alkanes of at least 4 members (excludes halogenated alkanes) is 21. The van der Waals surface area contributed by atoms with Crippen molar-refractivity contribution in [3.8, 4) is 0 Å². The molecule has 3 atom stereocenters. The zero-order chi connectivity index (χ0) is 43.8. The van der Waals surface area contributed by atoms with Gasteiger partial charge < -0.3 is 43.3 Å². The molecule has 0 bridgehead atoms. The highest BCUT2D eigenvalue weighted by atomic mass is 16.7. The van der Waals surface area contributed by atoms with Crippen LogP contribution >= 0.6 is 0 Å². The first kappa shape index (κ1) is 59.6. The molecule has 9 heteroatoms. The highest BCUT2D eigenvalue weighted by Gasteiger charge is 2.10. The minimum atomic E-state index is -0.0931. The summed E-state index contributed by atoms with van der Waals surface area (Å²) < 4.78 is 35.3. The standard InChI is InChI=1S/C51H106N2O7/c1-7-10-13-29-43-55-49(4)58-46-32-21-17-25-37-52(36-24-16-20-28-42-54)40-35-41-53(38-26-18-22-33-47-59-50(5)56-44-30-14-11-8-2)39-27-19-23-34-48-60-51(6)57-45-31-15-12-9-3/h49-51,54H,7-48H2,1-6H3. The average Bonchev–Trinajstić information content (AvgIpc) is 3.24. The second-order valence-corrected chi connectivity index (χ2v) is 17.5. The minimum absolute atomic E-state index is 0.0929. The number of rotatable bonds is 52. The van der Waals surface area contributed by atoms with Gasteiger partial charge in [0.15, 0.2) is 18.9 Å². The molecule has 0 aliphatic heterocycles. The molecule has 0 rings (SSSR count). The van der Waals surface area contributed by atoms with Crippen LogP contribution in [-0.4, -0.2) is 119 Å². The number of aliphatic hydroxyl groups is 1. The van der Waals surface area contributed by atoms with E-state index in [1.165, 1.54) is 174 Å². The summed E-state index contributed by atoms with van der Waals surface area (Å²) in [4.78, 5) is 5.49. The normalized spacial score (nSPS) is 13.6. The molecule has 1 N–H and O–H groups in total. The Morgan fingerprint density at radius 1 is 0.283 bits per heavy atom. The molecular formula is C51H106N2O7. The van der Waals surface area contributed by atoms with Crippen molar-refractivity contribution in [3.63, 3.8) is 0 Å². The van der Waals surface area contributed by atoms with Crippen LogP contribution in [0.1, 0.15) is 228 Å². The third kappa shape index (κ3) is 45.7. The lowest BCUT2D eigenvalue weighted by Gasteiger charge is -2.26. The molecule has 0 saturated carbocycles. The molecule has 362 valence electrons. The Hall–Kier alpha value is -0.360. The van der Waals surface area contributed by atoms with Gasteiger partial charge in [-0.1, -0.05) is 130 Å². The van der Waals surface area contributed by atoms with Crippen LogP contribution in [0, 0.1) is 0 Å². The average molecular weight is 859 g/mol. The Morgan fingerprint density at radius 3 is 0.750 bits per heavy atom. The maximum Gasteiger partial charge on any atom is 0.154 e. The quantitative estimate of drug-likeness (QED) is 0.0475. The molecule has 0 aromatic rings. The van der Waals surface area contributed by atoms with Crippen molar-refractivity contribution in [1.29, 1.82) is 0 Å². The lowest BCUT2D eigenvalue weighted by molar-refractivity contribution is -0.132. The van der Waals surface area contributed by atoms with E-state index >= 15 is 0 Å². The van der Waals surface area contributed by atoms with E-state index in [1.807, 2.05) is 20.8 Å². The largest absolute Gasteiger partial charge is 0.396 e. The molecule has 0 saturated heterocycles. The fraction of sp³-hybridized carbons (Fsp3) is 1.00. The van der Waals surface area contributed by atoms with Gasteiger partial charge in [0.25, 0.3) is 0 Å². The predicted molar refractivity (Wildman–Crippen MR) is 255 cm³/mol. The van der Waals surface area contributed by atoms with Gasteiger partial charge in [-0.2, -0.15) is 0 Å². The Kier molecular flexibility index (Phi) is 49.4. The number of hydrogen-bond donors (Lipinski definition) is 1. The van der Waals surface area contributed by atoms with Crippen molar-refractivity contribution in [1.82, 2.24) is 9.80 Å². The van der Waals surface area contributed by atoms with E-state index in [-0.39, 0.29) is 18.9 Å². The zero-order valence-electron chi connectivity index (χ0n) is 41.2. The van der Waals surface area contributed by atoms with Crippen LogP contribution in [0.2, 0.25) is 0 Å². The van der Waals surface area contributed by atoms with Crippen LogP contribution in [-0.2, 0) is 28.4 Å². The third-order valence-corrected chi connectivity index (χ3v) is 11.5. The van der Waals surface area contributed by atoms with Crippen LogP contribution < -0.4 is 0 Å². The summed E-state index contributed by atoms with van der Waals surface area (Å²) in [5, 5.41) is 9.26. The van der Waals surface area contributed by atoms with E-state index in [0.717, 1.165) is 91.0 Å². The van der Waals surface area contributed by atoms with Crippen molar-refractivity contribution in [2.24, 2.45) is 0 Å². The van der Waals surface area contributed by atoms with Gasteiger partial charge in [0.05, 0.1) is 0 Å². The Morgan fingerprint density at radius 2 is 0.500 bits per heavy atom. The Labute approximate surface area is 374 Å². The van der Waals surface area contributed by atoms with Crippen molar-refractivity contribution in [2.75, 3.05) is 85.5 Å². The summed E-state index contributed by atoms with van der Waals surface area (Å²) in [6, 6.07) is 0. The highest BCUT2D eigenvalue weighted by molar-refractivity contribution is 4.65. The van der Waals surface area contributed by atoms with Gasteiger partial charge in [-0.3, -0.25) is 0 Å². The van der Waals surface area contributed by atoms with Gasteiger partial charge in [-0.05, 0) is 137 Å². The summed E-state index contributed by atoms with van der Waals surface area (Å²) >= 11 is 0. The SMILES string of the molecule is CCCCCCOC(C)OCCCCCCN(CCCCCCO)CCCN(CCCCCCOC(C)OCCCCCC)CCCCCCOC(C)OCCCCCC. The van der Waals surface area contributed by atoms with E-state index < -0.39 is 0 Å². The van der Waals surface area contributed by atoms with Crippen LogP contribution in [0.15, 0.2) is 0 Å². The molecule has 0 fully saturated rings. The Balaban J connectivity index is 4.70. The van der Waals surface area contributed by atoms with Gasteiger partial charge in [-0.25, -0.2) is 0 Å². The summed E-state index contributed by atoms with van der Waals surface area (Å²) in [7, 11) is 0. The van der Waals surface area contributed by atoms with Crippen molar-refractivity contribution >= 4 is 0 Å². The smallest absolute Gasteiger partial charge is 0.154 e. The molecule has 0 aromatic heterocycles. The molecule has 0 heterocycles. The van der Waals surface area contributed by atoms with Gasteiger partial charge in [-0.15, -0.1) is 0 Å². The third-order valence-electron chi connectivity index (χ3n) is 11.5. The second kappa shape index (κ2) is 49.7. The lowest BCUT2D eigenvalue weighted by Crippen LogP contribution is -2.32. The second-order valence-electron chi connectivity index (χ2n) is 17.5.